The van der Waals surface area contributed by atoms with Gasteiger partial charge in [0.1, 0.15) is 18.1 Å². The fourth-order valence-corrected chi connectivity index (χ4v) is 2.02. The van der Waals surface area contributed by atoms with Gasteiger partial charge in [0.15, 0.2) is 0 Å². The van der Waals surface area contributed by atoms with Crippen LogP contribution in [-0.2, 0) is 19.2 Å². The molecule has 0 bridgehead atoms. The van der Waals surface area contributed by atoms with Crippen LogP contribution in [0.2, 0.25) is 0 Å². The molecule has 0 aromatic carbocycles. The quantitative estimate of drug-likeness (QED) is 0.265. The van der Waals surface area contributed by atoms with E-state index < -0.39 is 54.0 Å². The van der Waals surface area contributed by atoms with Crippen LogP contribution in [0, 0.1) is 5.92 Å². The van der Waals surface area contributed by atoms with Crippen molar-refractivity contribution in [3.8, 4) is 0 Å². The first kappa shape index (κ1) is 23.8. The lowest BCUT2D eigenvalue weighted by molar-refractivity contribution is -0.143. The molecule has 7 N–H and O–H groups in total. The number of carboxylic acids is 1. The van der Waals surface area contributed by atoms with E-state index in [1.165, 1.54) is 20.8 Å². The van der Waals surface area contributed by atoms with Gasteiger partial charge in [-0.2, -0.15) is 0 Å². The molecule has 0 spiro atoms. The number of aliphatic hydroxyl groups is 1. The largest absolute Gasteiger partial charge is 0.480 e. The van der Waals surface area contributed by atoms with Gasteiger partial charge in [-0.3, -0.25) is 14.4 Å². The molecular weight excluding hydrogens is 344 g/mol. The van der Waals surface area contributed by atoms with Gasteiger partial charge in [-0.25, -0.2) is 4.79 Å². The van der Waals surface area contributed by atoms with Gasteiger partial charge in [-0.1, -0.05) is 20.3 Å². The van der Waals surface area contributed by atoms with Crippen LogP contribution in [-0.4, -0.2) is 64.2 Å². The predicted molar refractivity (Wildman–Crippen MR) is 93.9 cm³/mol. The Balaban J connectivity index is 4.96. The average Bonchev–Trinajstić information content (AvgIpc) is 2.55. The third-order valence-electron chi connectivity index (χ3n) is 4.01. The minimum Gasteiger partial charge on any atom is -0.480 e. The Kier molecular flexibility index (Phi) is 9.81. The van der Waals surface area contributed by atoms with E-state index in [0.29, 0.717) is 6.42 Å². The van der Waals surface area contributed by atoms with Crippen LogP contribution >= 0.6 is 0 Å². The highest BCUT2D eigenvalue weighted by atomic mass is 16.4. The number of nitrogens with two attached hydrogens (primary N) is 1. The second-order valence-electron chi connectivity index (χ2n) is 6.46. The highest BCUT2D eigenvalue weighted by Gasteiger charge is 2.31. The highest BCUT2D eigenvalue weighted by Crippen LogP contribution is 2.08. The average molecular weight is 374 g/mol. The van der Waals surface area contributed by atoms with Gasteiger partial charge in [0.05, 0.1) is 12.1 Å². The fourth-order valence-electron chi connectivity index (χ4n) is 2.02. The molecule has 3 amide bonds. The van der Waals surface area contributed by atoms with Crippen LogP contribution in [0.15, 0.2) is 0 Å². The lowest BCUT2D eigenvalue weighted by Crippen LogP contribution is -2.59. The molecule has 0 saturated carbocycles. The summed E-state index contributed by atoms with van der Waals surface area (Å²) in [5, 5.41) is 25.9. The van der Waals surface area contributed by atoms with E-state index in [4.69, 9.17) is 5.73 Å². The van der Waals surface area contributed by atoms with Crippen molar-refractivity contribution >= 4 is 23.7 Å². The van der Waals surface area contributed by atoms with Crippen LogP contribution in [0.1, 0.15) is 41.0 Å². The van der Waals surface area contributed by atoms with Crippen LogP contribution in [0.5, 0.6) is 0 Å². The molecule has 6 atom stereocenters. The summed E-state index contributed by atoms with van der Waals surface area (Å²) in [6, 6.07) is -4.33. The first-order valence-corrected chi connectivity index (χ1v) is 8.49. The molecule has 0 radical (unpaired) electrons. The van der Waals surface area contributed by atoms with Crippen molar-refractivity contribution in [2.45, 2.75) is 71.3 Å². The monoisotopic (exact) mass is 374 g/mol. The van der Waals surface area contributed by atoms with E-state index in [0.717, 1.165) is 0 Å². The molecule has 6 unspecified atom stereocenters. The van der Waals surface area contributed by atoms with E-state index in [1.807, 2.05) is 0 Å². The summed E-state index contributed by atoms with van der Waals surface area (Å²) in [5.41, 5.74) is 5.41. The number of hydrogen-bond donors (Lipinski definition) is 6. The molecule has 0 fully saturated rings. The Hall–Kier alpha value is -2.20. The number of amides is 3. The van der Waals surface area contributed by atoms with Crippen molar-refractivity contribution in [1.29, 1.82) is 0 Å². The fraction of sp³-hybridized carbons (Fsp3) is 0.750. The van der Waals surface area contributed by atoms with Gasteiger partial charge < -0.3 is 31.9 Å². The smallest absolute Gasteiger partial charge is 0.326 e. The second-order valence-corrected chi connectivity index (χ2v) is 6.46. The third-order valence-corrected chi connectivity index (χ3v) is 4.01. The normalized spacial score (nSPS) is 17.8. The summed E-state index contributed by atoms with van der Waals surface area (Å²) in [4.78, 5) is 47.3. The molecule has 0 aromatic rings. The molecular formula is C16H30N4O6. The molecule has 150 valence electrons. The minimum absolute atomic E-state index is 0.296. The van der Waals surface area contributed by atoms with Gasteiger partial charge in [0, 0.05) is 0 Å². The summed E-state index contributed by atoms with van der Waals surface area (Å²) in [5.74, 6) is -3.57. The van der Waals surface area contributed by atoms with Crippen molar-refractivity contribution in [2.24, 2.45) is 11.7 Å². The zero-order chi connectivity index (χ0) is 20.6. The molecule has 26 heavy (non-hydrogen) atoms. The maximum Gasteiger partial charge on any atom is 0.326 e. The lowest BCUT2D eigenvalue weighted by Gasteiger charge is -2.25. The Morgan fingerprint density at radius 2 is 1.38 bits per heavy atom. The SMILES string of the molecule is CCC(C)C(NC(=O)C(C)NC(=O)C(NC(=O)C(C)N)C(C)O)C(=O)O. The van der Waals surface area contributed by atoms with E-state index in [2.05, 4.69) is 16.0 Å². The zero-order valence-electron chi connectivity index (χ0n) is 15.8. The number of aliphatic hydroxyl groups excluding tert-OH is 1. The van der Waals surface area contributed by atoms with Crippen molar-refractivity contribution in [3.05, 3.63) is 0 Å². The molecule has 10 nitrogen and oxygen atoms in total. The van der Waals surface area contributed by atoms with Gasteiger partial charge in [-0.15, -0.1) is 0 Å². The number of rotatable bonds is 10. The molecule has 10 heteroatoms. The van der Waals surface area contributed by atoms with Crippen molar-refractivity contribution in [1.82, 2.24) is 16.0 Å². The summed E-state index contributed by atoms with van der Waals surface area (Å²) in [7, 11) is 0. The summed E-state index contributed by atoms with van der Waals surface area (Å²) < 4.78 is 0. The van der Waals surface area contributed by atoms with Crippen LogP contribution in [0.25, 0.3) is 0 Å². The van der Waals surface area contributed by atoms with E-state index in [-0.39, 0.29) is 5.92 Å². The van der Waals surface area contributed by atoms with Gasteiger partial charge in [0.25, 0.3) is 0 Å². The maximum atomic E-state index is 12.2. The molecule has 0 aliphatic heterocycles. The maximum absolute atomic E-state index is 12.2. The molecule has 0 saturated heterocycles. The summed E-state index contributed by atoms with van der Waals surface area (Å²) >= 11 is 0. The van der Waals surface area contributed by atoms with Crippen LogP contribution in [0.3, 0.4) is 0 Å². The summed E-state index contributed by atoms with van der Waals surface area (Å²) in [6.45, 7) is 7.58. The third kappa shape index (κ3) is 7.36. The predicted octanol–water partition coefficient (Wildman–Crippen LogP) is -1.68. The first-order valence-electron chi connectivity index (χ1n) is 8.49. The number of carbonyl (C=O) groups is 4. The Morgan fingerprint density at radius 3 is 1.77 bits per heavy atom. The van der Waals surface area contributed by atoms with E-state index >= 15 is 0 Å². The standard InChI is InChI=1S/C16H30N4O6/c1-6-7(2)11(16(25)26)19-14(23)9(4)18-15(24)12(10(5)21)20-13(22)8(3)17/h7-12,21H,6,17H2,1-5H3,(H,18,24)(H,19,23)(H,20,22)(H,25,26). The Bertz CT molecular complexity index is 523. The van der Waals surface area contributed by atoms with Crippen LogP contribution < -0.4 is 21.7 Å². The lowest BCUT2D eigenvalue weighted by atomic mass is 9.99. The minimum atomic E-state index is -1.30. The van der Waals surface area contributed by atoms with Crippen molar-refractivity contribution in [2.75, 3.05) is 0 Å². The Morgan fingerprint density at radius 1 is 0.885 bits per heavy atom. The molecule has 0 rings (SSSR count). The van der Waals surface area contributed by atoms with Crippen molar-refractivity contribution < 1.29 is 29.4 Å². The highest BCUT2D eigenvalue weighted by molar-refractivity contribution is 5.94. The molecule has 0 aromatic heterocycles. The van der Waals surface area contributed by atoms with Crippen LogP contribution in [0.4, 0.5) is 0 Å². The first-order chi connectivity index (χ1) is 11.9. The molecule has 0 heterocycles. The zero-order valence-corrected chi connectivity index (χ0v) is 15.8. The second kappa shape index (κ2) is 10.7. The number of nitrogens with one attached hydrogen (secondary N) is 3. The number of aliphatic carboxylic acids is 1. The van der Waals surface area contributed by atoms with Gasteiger partial charge in [0.2, 0.25) is 17.7 Å². The number of carbonyl (C=O) groups excluding carboxylic acids is 3. The van der Waals surface area contributed by atoms with E-state index in [1.54, 1.807) is 13.8 Å². The molecule has 0 aliphatic carbocycles. The molecule has 0 aliphatic rings. The van der Waals surface area contributed by atoms with Gasteiger partial charge >= 0.3 is 5.97 Å². The van der Waals surface area contributed by atoms with Gasteiger partial charge in [-0.05, 0) is 26.7 Å². The topological polar surface area (TPSA) is 171 Å². The Labute approximate surface area is 152 Å². The van der Waals surface area contributed by atoms with E-state index in [9.17, 15) is 29.4 Å². The summed E-state index contributed by atoms with van der Waals surface area (Å²) in [6.07, 6.45) is -0.675. The van der Waals surface area contributed by atoms with Crippen molar-refractivity contribution in [3.63, 3.8) is 0 Å². The number of carboxylic acid groups (broad SMARTS) is 1. The number of hydrogen-bond acceptors (Lipinski definition) is 6.